The van der Waals surface area contributed by atoms with Gasteiger partial charge in [0.15, 0.2) is 23.0 Å². The van der Waals surface area contributed by atoms with Gasteiger partial charge in [0.05, 0.1) is 0 Å². The Kier molecular flexibility index (Phi) is 3.52. The third kappa shape index (κ3) is 2.70. The molecule has 0 saturated carbocycles. The van der Waals surface area contributed by atoms with E-state index in [1.54, 1.807) is 0 Å². The smallest absolute Gasteiger partial charge is 0.172 e. The van der Waals surface area contributed by atoms with Gasteiger partial charge in [0.25, 0.3) is 0 Å². The van der Waals surface area contributed by atoms with Crippen LogP contribution in [0.1, 0.15) is 0 Å². The SMILES string of the molecule is c1ccc2cc3c(cc2c1)Oc1ccc(Nc2ccc4c(c2)oc2ccccc24)cc1O3. The molecule has 1 aromatic heterocycles. The van der Waals surface area contributed by atoms with Gasteiger partial charge in [-0.2, -0.15) is 0 Å². The Balaban J connectivity index is 1.22. The molecule has 5 aromatic carbocycles. The quantitative estimate of drug-likeness (QED) is 0.308. The number of anilines is 2. The summed E-state index contributed by atoms with van der Waals surface area (Å²) in [6.45, 7) is 0. The van der Waals surface area contributed by atoms with Crippen LogP contribution < -0.4 is 14.8 Å². The van der Waals surface area contributed by atoms with E-state index in [4.69, 9.17) is 13.9 Å². The molecule has 0 saturated heterocycles. The molecular formula is C28H17NO3. The minimum absolute atomic E-state index is 0.683. The van der Waals surface area contributed by atoms with Crippen molar-refractivity contribution in [1.29, 1.82) is 0 Å². The highest BCUT2D eigenvalue weighted by atomic mass is 16.6. The number of rotatable bonds is 2. The highest BCUT2D eigenvalue weighted by molar-refractivity contribution is 6.05. The Morgan fingerprint density at radius 1 is 0.469 bits per heavy atom. The first-order chi connectivity index (χ1) is 15.8. The van der Waals surface area contributed by atoms with Crippen LogP contribution in [0, 0.1) is 0 Å². The van der Waals surface area contributed by atoms with Crippen LogP contribution in [0.2, 0.25) is 0 Å². The minimum atomic E-state index is 0.683. The molecule has 1 aliphatic rings. The van der Waals surface area contributed by atoms with Gasteiger partial charge < -0.3 is 19.2 Å². The Morgan fingerprint density at radius 2 is 1.09 bits per heavy atom. The van der Waals surface area contributed by atoms with Crippen LogP contribution in [-0.2, 0) is 0 Å². The van der Waals surface area contributed by atoms with Crippen LogP contribution in [0.5, 0.6) is 23.0 Å². The predicted octanol–water partition coefficient (Wildman–Crippen LogP) is 8.38. The van der Waals surface area contributed by atoms with Crippen molar-refractivity contribution in [2.45, 2.75) is 0 Å². The van der Waals surface area contributed by atoms with Crippen molar-refractivity contribution in [2.75, 3.05) is 5.32 Å². The summed E-state index contributed by atoms with van der Waals surface area (Å²) < 4.78 is 18.3. The molecule has 4 nitrogen and oxygen atoms in total. The molecule has 4 heteroatoms. The van der Waals surface area contributed by atoms with Crippen LogP contribution in [0.15, 0.2) is 101 Å². The molecule has 0 radical (unpaired) electrons. The highest BCUT2D eigenvalue weighted by Gasteiger charge is 2.20. The van der Waals surface area contributed by atoms with Crippen molar-refractivity contribution in [1.82, 2.24) is 0 Å². The largest absolute Gasteiger partial charge is 0.456 e. The van der Waals surface area contributed by atoms with Gasteiger partial charge >= 0.3 is 0 Å². The van der Waals surface area contributed by atoms with E-state index in [2.05, 4.69) is 35.6 Å². The number of hydrogen-bond donors (Lipinski definition) is 1. The molecule has 6 aromatic rings. The fourth-order valence-corrected chi connectivity index (χ4v) is 4.32. The van der Waals surface area contributed by atoms with Gasteiger partial charge in [-0.15, -0.1) is 0 Å². The molecule has 0 bridgehead atoms. The monoisotopic (exact) mass is 415 g/mol. The van der Waals surface area contributed by atoms with Crippen LogP contribution in [0.3, 0.4) is 0 Å². The van der Waals surface area contributed by atoms with Crippen molar-refractivity contribution in [3.8, 4) is 23.0 Å². The number of nitrogens with one attached hydrogen (secondary N) is 1. The molecule has 0 unspecified atom stereocenters. The third-order valence-electron chi connectivity index (χ3n) is 5.86. The molecule has 0 atom stereocenters. The predicted molar refractivity (Wildman–Crippen MR) is 128 cm³/mol. The molecule has 0 aliphatic carbocycles. The van der Waals surface area contributed by atoms with Crippen molar-refractivity contribution in [3.63, 3.8) is 0 Å². The lowest BCUT2D eigenvalue weighted by molar-refractivity contribution is 0.360. The van der Waals surface area contributed by atoms with Crippen LogP contribution in [-0.4, -0.2) is 0 Å². The summed E-state index contributed by atoms with van der Waals surface area (Å²) in [6.07, 6.45) is 0. The third-order valence-corrected chi connectivity index (χ3v) is 5.86. The Morgan fingerprint density at radius 3 is 1.94 bits per heavy atom. The first-order valence-corrected chi connectivity index (χ1v) is 10.5. The van der Waals surface area contributed by atoms with Gasteiger partial charge in [0.2, 0.25) is 0 Å². The molecule has 7 rings (SSSR count). The van der Waals surface area contributed by atoms with E-state index in [-0.39, 0.29) is 0 Å². The molecule has 0 amide bonds. The summed E-state index contributed by atoms with van der Waals surface area (Å²) in [5.41, 5.74) is 3.60. The number of hydrogen-bond acceptors (Lipinski definition) is 4. The Labute approximate surface area is 183 Å². The molecule has 0 fully saturated rings. The lowest BCUT2D eigenvalue weighted by Gasteiger charge is -2.22. The average molecular weight is 415 g/mol. The molecule has 0 spiro atoms. The molecular weight excluding hydrogens is 398 g/mol. The maximum absolute atomic E-state index is 6.19. The molecule has 1 N–H and O–H groups in total. The van der Waals surface area contributed by atoms with Crippen molar-refractivity contribution in [2.24, 2.45) is 0 Å². The summed E-state index contributed by atoms with van der Waals surface area (Å²) in [4.78, 5) is 0. The number of fused-ring (bicyclic) bond motifs is 6. The van der Waals surface area contributed by atoms with E-state index in [9.17, 15) is 0 Å². The zero-order valence-corrected chi connectivity index (χ0v) is 17.0. The van der Waals surface area contributed by atoms with Crippen LogP contribution in [0.4, 0.5) is 11.4 Å². The van der Waals surface area contributed by atoms with Gasteiger partial charge in [-0.05, 0) is 53.2 Å². The van der Waals surface area contributed by atoms with E-state index in [0.29, 0.717) is 11.5 Å². The summed E-state index contributed by atoms with van der Waals surface area (Å²) in [5, 5.41) is 7.92. The van der Waals surface area contributed by atoms with Gasteiger partial charge in [-0.25, -0.2) is 0 Å². The lowest BCUT2D eigenvalue weighted by atomic mass is 10.1. The maximum Gasteiger partial charge on any atom is 0.172 e. The molecule has 152 valence electrons. The van der Waals surface area contributed by atoms with Gasteiger partial charge in [-0.1, -0.05) is 42.5 Å². The van der Waals surface area contributed by atoms with Gasteiger partial charge in [0.1, 0.15) is 11.2 Å². The van der Waals surface area contributed by atoms with E-state index in [1.165, 1.54) is 0 Å². The fourth-order valence-electron chi connectivity index (χ4n) is 4.32. The highest BCUT2D eigenvalue weighted by Crippen LogP contribution is 2.47. The van der Waals surface area contributed by atoms with Gasteiger partial charge in [0, 0.05) is 34.3 Å². The molecule has 2 heterocycles. The zero-order chi connectivity index (χ0) is 21.1. The van der Waals surface area contributed by atoms with E-state index < -0.39 is 0 Å². The number of ether oxygens (including phenoxy) is 2. The maximum atomic E-state index is 6.19. The lowest BCUT2D eigenvalue weighted by Crippen LogP contribution is -2.00. The normalized spacial score (nSPS) is 12.2. The van der Waals surface area contributed by atoms with Crippen LogP contribution in [0.25, 0.3) is 32.7 Å². The fraction of sp³-hybridized carbons (Fsp3) is 0. The Hall–Kier alpha value is -4.44. The zero-order valence-electron chi connectivity index (χ0n) is 17.0. The summed E-state index contributed by atoms with van der Waals surface area (Å²) in [5.74, 6) is 2.83. The standard InChI is InChI=1S/C28H17NO3/c1-2-6-18-14-27-26(13-17(18)5-1)31-24-12-10-20(16-28(24)32-27)29-19-9-11-22-21-7-3-4-8-23(21)30-25(22)15-19/h1-16,29H. The second kappa shape index (κ2) is 6.53. The number of para-hydroxylation sites is 1. The van der Waals surface area contributed by atoms with Crippen molar-refractivity contribution < 1.29 is 13.9 Å². The summed E-state index contributed by atoms with van der Waals surface area (Å²) in [6, 6.07) is 32.3. The van der Waals surface area contributed by atoms with Crippen LogP contribution >= 0.6 is 0 Å². The number of benzene rings is 5. The summed E-state index contributed by atoms with van der Waals surface area (Å²) >= 11 is 0. The summed E-state index contributed by atoms with van der Waals surface area (Å²) in [7, 11) is 0. The minimum Gasteiger partial charge on any atom is -0.456 e. The first kappa shape index (κ1) is 17.3. The topological polar surface area (TPSA) is 43.6 Å². The first-order valence-electron chi connectivity index (χ1n) is 10.5. The van der Waals surface area contributed by atoms with Crippen molar-refractivity contribution in [3.05, 3.63) is 97.1 Å². The van der Waals surface area contributed by atoms with Crippen molar-refractivity contribution >= 4 is 44.1 Å². The van der Waals surface area contributed by atoms with Gasteiger partial charge in [-0.3, -0.25) is 0 Å². The van der Waals surface area contributed by atoms with E-state index in [1.807, 2.05) is 66.7 Å². The Bertz CT molecular complexity index is 1660. The van der Waals surface area contributed by atoms with E-state index in [0.717, 1.165) is 55.6 Å². The molecule has 1 aliphatic heterocycles. The number of furan rings is 1. The average Bonchev–Trinajstić information content (AvgIpc) is 3.19. The second-order valence-corrected chi connectivity index (χ2v) is 7.95. The second-order valence-electron chi connectivity index (χ2n) is 7.95. The molecule has 32 heavy (non-hydrogen) atoms. The van der Waals surface area contributed by atoms with E-state index >= 15 is 0 Å².